The van der Waals surface area contributed by atoms with E-state index < -0.39 is 35.3 Å². The van der Waals surface area contributed by atoms with Gasteiger partial charge >= 0.3 is 6.09 Å². The molecule has 6 atom stereocenters. The van der Waals surface area contributed by atoms with E-state index in [-0.39, 0.29) is 24.2 Å². The van der Waals surface area contributed by atoms with Crippen molar-refractivity contribution in [1.29, 1.82) is 0 Å². The van der Waals surface area contributed by atoms with E-state index in [2.05, 4.69) is 5.32 Å². The third kappa shape index (κ3) is 6.35. The largest absolute Gasteiger partial charge is 0.497 e. The van der Waals surface area contributed by atoms with E-state index in [1.54, 1.807) is 12.0 Å². The van der Waals surface area contributed by atoms with E-state index in [0.29, 0.717) is 35.9 Å². The number of carbonyl (C=O) groups is 3. The van der Waals surface area contributed by atoms with E-state index >= 15 is 0 Å². The molecule has 0 spiro atoms. The molecule has 1 aromatic heterocycles. The lowest BCUT2D eigenvalue weighted by Crippen LogP contribution is -2.57. The number of alkyl carbamates (subject to hydrolysis) is 1. The molecule has 2 fully saturated rings. The molecule has 1 aromatic carbocycles. The quantitative estimate of drug-likeness (QED) is 0.474. The van der Waals surface area contributed by atoms with Gasteiger partial charge in [0.2, 0.25) is 11.8 Å². The molecule has 2 aliphatic heterocycles. The van der Waals surface area contributed by atoms with Crippen LogP contribution in [0.25, 0.3) is 11.0 Å². The number of nitrogens with zero attached hydrogens (tertiary/aromatic N) is 3. The number of benzene rings is 1. The molecule has 44 heavy (non-hydrogen) atoms. The van der Waals surface area contributed by atoms with Gasteiger partial charge in [-0.3, -0.25) is 9.59 Å². The number of hydrogen-bond donors (Lipinski definition) is 1. The van der Waals surface area contributed by atoms with Gasteiger partial charge in [-0.05, 0) is 63.0 Å². The lowest BCUT2D eigenvalue weighted by atomic mass is 9.85. The highest BCUT2D eigenvalue weighted by Crippen LogP contribution is 2.52. The predicted octanol–water partition coefficient (Wildman–Crippen LogP) is 5.64. The van der Waals surface area contributed by atoms with Crippen LogP contribution in [0.2, 0.25) is 0 Å². The van der Waals surface area contributed by atoms with E-state index in [1.165, 1.54) is 6.92 Å². The Bertz CT molecular complexity index is 1410. The molecular weight excluding hydrogens is 560 g/mol. The Labute approximate surface area is 260 Å². The Morgan fingerprint density at radius 2 is 1.91 bits per heavy atom. The molecule has 1 aliphatic carbocycles. The monoisotopic (exact) mass is 608 g/mol. The lowest BCUT2D eigenvalue weighted by Gasteiger charge is -2.35. The Morgan fingerprint density at radius 3 is 2.57 bits per heavy atom. The highest BCUT2D eigenvalue weighted by atomic mass is 16.6. The van der Waals surface area contributed by atoms with Gasteiger partial charge in [0, 0.05) is 17.9 Å². The van der Waals surface area contributed by atoms with Crippen LogP contribution in [0, 0.1) is 17.3 Å². The molecule has 2 bridgehead atoms. The maximum Gasteiger partial charge on any atom is 0.408 e. The van der Waals surface area contributed by atoms with Crippen LogP contribution in [0.5, 0.6) is 11.6 Å². The van der Waals surface area contributed by atoms with Crippen molar-refractivity contribution in [2.24, 2.45) is 17.3 Å². The Morgan fingerprint density at radius 1 is 1.14 bits per heavy atom. The Hall–Kier alpha value is -3.43. The summed E-state index contributed by atoms with van der Waals surface area (Å²) in [5.74, 6) is 0.744. The number of Topliss-reactive ketones (excluding diaryl/α,β-unsaturated/α-hetero) is 1. The van der Waals surface area contributed by atoms with Gasteiger partial charge in [0.15, 0.2) is 5.78 Å². The van der Waals surface area contributed by atoms with E-state index in [1.807, 2.05) is 52.8 Å². The first-order chi connectivity index (χ1) is 20.9. The average Bonchev–Trinajstić information content (AvgIpc) is 3.52. The van der Waals surface area contributed by atoms with Crippen molar-refractivity contribution in [2.75, 3.05) is 13.7 Å². The molecule has 1 saturated carbocycles. The summed E-state index contributed by atoms with van der Waals surface area (Å²) in [5, 5.41) is 2.91. The molecule has 10 nitrogen and oxygen atoms in total. The minimum atomic E-state index is -0.887. The number of methoxy groups -OCH3 is 1. The van der Waals surface area contributed by atoms with Gasteiger partial charge in [-0.2, -0.15) is 0 Å². The normalized spacial score (nSPS) is 29.8. The number of fused-ring (bicyclic) bond motifs is 5. The molecule has 240 valence electrons. The van der Waals surface area contributed by atoms with Gasteiger partial charge in [-0.25, -0.2) is 14.8 Å². The van der Waals surface area contributed by atoms with Crippen molar-refractivity contribution < 1.29 is 28.6 Å². The van der Waals surface area contributed by atoms with Crippen LogP contribution in [-0.2, 0) is 20.7 Å². The van der Waals surface area contributed by atoms with Crippen molar-refractivity contribution in [3.8, 4) is 11.6 Å². The second-order valence-corrected chi connectivity index (χ2v) is 13.9. The topological polar surface area (TPSA) is 120 Å². The molecule has 1 N–H and O–H groups in total. The summed E-state index contributed by atoms with van der Waals surface area (Å²) < 4.78 is 18.1. The van der Waals surface area contributed by atoms with Crippen molar-refractivity contribution >= 4 is 28.8 Å². The summed E-state index contributed by atoms with van der Waals surface area (Å²) in [6, 6.07) is 4.04. The first-order valence-corrected chi connectivity index (χ1v) is 16.2. The fraction of sp³-hybridized carbons (Fsp3) is 0.676. The van der Waals surface area contributed by atoms with Crippen LogP contribution in [0.15, 0.2) is 18.2 Å². The lowest BCUT2D eigenvalue weighted by molar-refractivity contribution is -0.141. The summed E-state index contributed by atoms with van der Waals surface area (Å²) in [7, 11) is 1.61. The number of ether oxygens (including phenoxy) is 3. The summed E-state index contributed by atoms with van der Waals surface area (Å²) in [5.41, 5.74) is 1.09. The first kappa shape index (κ1) is 32.0. The second-order valence-electron chi connectivity index (χ2n) is 13.9. The van der Waals surface area contributed by atoms with Gasteiger partial charge in [0.1, 0.15) is 29.2 Å². The number of carbonyl (C=O) groups excluding carboxylic acids is 3. The van der Waals surface area contributed by atoms with Gasteiger partial charge in [0.05, 0.1) is 30.7 Å². The summed E-state index contributed by atoms with van der Waals surface area (Å²) in [6.07, 6.45) is 5.75. The molecule has 3 aliphatic rings. The van der Waals surface area contributed by atoms with Crippen molar-refractivity contribution in [2.45, 2.75) is 117 Å². The van der Waals surface area contributed by atoms with Crippen LogP contribution < -0.4 is 14.8 Å². The standard InChI is InChI=1S/C34H48N4O6/c1-8-23-27-19-38(28(23)20(3)39)31(40)29(33(4,5)6)37-32(41)44-34(9-2)18-21(34)13-11-10-12-14-25-30(43-27)36-26-17-22(42-7)15-16-24(26)35-25/h15-17,21,23,27-29H,8-14,18-19H2,1-7H3,(H,37,41)/t21-,23-,27+,28-,29-,34-/m1/s1. The zero-order chi connectivity index (χ0) is 31.8. The fourth-order valence-electron chi connectivity index (χ4n) is 7.18. The van der Waals surface area contributed by atoms with E-state index in [0.717, 1.165) is 49.7 Å². The number of aryl methyl sites for hydroxylation is 1. The second kappa shape index (κ2) is 12.5. The van der Waals surface area contributed by atoms with Crippen LogP contribution in [-0.4, -0.2) is 70.1 Å². The molecule has 0 unspecified atom stereocenters. The number of ketones is 1. The maximum absolute atomic E-state index is 14.3. The number of rotatable bonds is 4. The number of nitrogens with one attached hydrogen (secondary N) is 1. The molecule has 10 heteroatoms. The van der Waals surface area contributed by atoms with Gasteiger partial charge in [-0.15, -0.1) is 0 Å². The number of aromatic nitrogens is 2. The van der Waals surface area contributed by atoms with Crippen LogP contribution >= 0.6 is 0 Å². The van der Waals surface area contributed by atoms with E-state index in [9.17, 15) is 14.4 Å². The summed E-state index contributed by atoms with van der Waals surface area (Å²) in [4.78, 5) is 52.2. The Kier molecular flexibility index (Phi) is 9.10. The number of hydrogen-bond acceptors (Lipinski definition) is 8. The minimum Gasteiger partial charge on any atom is -0.497 e. The zero-order valence-electron chi connectivity index (χ0n) is 27.3. The molecule has 5 rings (SSSR count). The average molecular weight is 609 g/mol. The molecule has 3 heterocycles. The maximum atomic E-state index is 14.3. The molecule has 2 amide bonds. The van der Waals surface area contributed by atoms with Gasteiger partial charge in [0.25, 0.3) is 0 Å². The highest BCUT2D eigenvalue weighted by molar-refractivity contribution is 5.92. The third-order valence-corrected chi connectivity index (χ3v) is 9.85. The van der Waals surface area contributed by atoms with Gasteiger partial charge in [-0.1, -0.05) is 47.5 Å². The van der Waals surface area contributed by atoms with Crippen molar-refractivity contribution in [3.63, 3.8) is 0 Å². The van der Waals surface area contributed by atoms with Crippen molar-refractivity contribution in [3.05, 3.63) is 23.9 Å². The molecular formula is C34H48N4O6. The van der Waals surface area contributed by atoms with Crippen LogP contribution in [0.1, 0.15) is 92.2 Å². The summed E-state index contributed by atoms with van der Waals surface area (Å²) >= 11 is 0. The highest BCUT2D eigenvalue weighted by Gasteiger charge is 2.56. The van der Waals surface area contributed by atoms with E-state index in [4.69, 9.17) is 24.2 Å². The molecule has 0 radical (unpaired) electrons. The smallest absolute Gasteiger partial charge is 0.408 e. The Balaban J connectivity index is 1.55. The minimum absolute atomic E-state index is 0.113. The summed E-state index contributed by atoms with van der Waals surface area (Å²) in [6.45, 7) is 11.5. The van der Waals surface area contributed by atoms with Crippen molar-refractivity contribution in [1.82, 2.24) is 20.2 Å². The zero-order valence-corrected chi connectivity index (χ0v) is 27.3. The molecule has 2 aromatic rings. The SMILES string of the molecule is CC[C@@H]1[C@@H]2CN(C(=O)[C@H](C(C)(C)C)NC(=O)O[C@]3(CC)C[C@H]3CCCCCc3nc4ccc(OC)cc4nc3O2)[C@@H]1C(C)=O. The fourth-order valence-corrected chi connectivity index (χ4v) is 7.18. The van der Waals surface area contributed by atoms with Crippen LogP contribution in [0.3, 0.4) is 0 Å². The predicted molar refractivity (Wildman–Crippen MR) is 167 cm³/mol. The molecule has 1 saturated heterocycles. The number of amides is 2. The third-order valence-electron chi connectivity index (χ3n) is 9.85. The van der Waals surface area contributed by atoms with Gasteiger partial charge < -0.3 is 24.4 Å². The van der Waals surface area contributed by atoms with Crippen LogP contribution in [0.4, 0.5) is 4.79 Å². The first-order valence-electron chi connectivity index (χ1n) is 16.2.